The average molecular weight is 298 g/mol. The topological polar surface area (TPSA) is 23.5 Å². The molecule has 0 unspecified atom stereocenters. The molecule has 3 heteroatoms. The average Bonchev–Trinajstić information content (AvgIpc) is 2.30. The number of nitrogens with zero attached hydrogens (tertiary/aromatic N) is 1. The maximum Gasteiger partial charge on any atom is 0.0639 e. The van der Waals surface area contributed by atoms with E-state index in [0.717, 1.165) is 24.1 Å². The zero-order chi connectivity index (χ0) is 12.3. The van der Waals surface area contributed by atoms with Crippen molar-refractivity contribution in [3.8, 4) is 0 Å². The Hall–Kier alpha value is -0.380. The third-order valence-corrected chi connectivity index (χ3v) is 3.98. The molecule has 1 aliphatic rings. The molecule has 0 radical (unpaired) electrons. The number of aliphatic hydroxyl groups excluding tert-OH is 1. The Labute approximate surface area is 112 Å². The van der Waals surface area contributed by atoms with E-state index in [4.69, 9.17) is 0 Å². The van der Waals surface area contributed by atoms with E-state index in [1.54, 1.807) is 0 Å². The van der Waals surface area contributed by atoms with E-state index in [1.165, 1.54) is 18.4 Å². The van der Waals surface area contributed by atoms with Crippen LogP contribution in [0.2, 0.25) is 0 Å². The number of aliphatic hydroxyl groups is 1. The van der Waals surface area contributed by atoms with Crippen LogP contribution in [0.5, 0.6) is 0 Å². The molecule has 2 nitrogen and oxygen atoms in total. The number of piperidine rings is 1. The van der Waals surface area contributed by atoms with Crippen LogP contribution in [-0.4, -0.2) is 35.7 Å². The van der Waals surface area contributed by atoms with Crippen LogP contribution in [-0.2, 0) is 0 Å². The summed E-state index contributed by atoms with van der Waals surface area (Å²) in [5, 5.41) is 9.37. The van der Waals surface area contributed by atoms with Crippen LogP contribution in [0, 0.1) is 0 Å². The number of halogens is 1. The van der Waals surface area contributed by atoms with Crippen molar-refractivity contribution in [1.29, 1.82) is 0 Å². The van der Waals surface area contributed by atoms with Crippen LogP contribution in [0.25, 0.3) is 0 Å². The smallest absolute Gasteiger partial charge is 0.0639 e. The van der Waals surface area contributed by atoms with Crippen LogP contribution in [0.3, 0.4) is 0 Å². The second-order valence-electron chi connectivity index (χ2n) is 4.98. The van der Waals surface area contributed by atoms with E-state index < -0.39 is 0 Å². The maximum absolute atomic E-state index is 9.37. The van der Waals surface area contributed by atoms with Crippen molar-refractivity contribution in [2.45, 2.75) is 31.8 Å². The maximum atomic E-state index is 9.37. The minimum absolute atomic E-state index is 0.209. The first-order chi connectivity index (χ1) is 8.15. The van der Waals surface area contributed by atoms with Gasteiger partial charge < -0.3 is 10.0 Å². The molecule has 0 aliphatic carbocycles. The Morgan fingerprint density at radius 2 is 1.88 bits per heavy atom. The summed E-state index contributed by atoms with van der Waals surface area (Å²) in [5.74, 6) is 0.688. The summed E-state index contributed by atoms with van der Waals surface area (Å²) in [6.07, 6.45) is 2.20. The minimum atomic E-state index is -0.209. The summed E-state index contributed by atoms with van der Waals surface area (Å²) in [7, 11) is 0. The number of hydrogen-bond acceptors (Lipinski definition) is 2. The van der Waals surface area contributed by atoms with Gasteiger partial charge in [0.15, 0.2) is 0 Å². The predicted octanol–water partition coefficient (Wildman–Crippen LogP) is 3.01. The summed E-state index contributed by atoms with van der Waals surface area (Å²) in [6.45, 7) is 4.88. The Balaban J connectivity index is 1.88. The van der Waals surface area contributed by atoms with Gasteiger partial charge in [0, 0.05) is 11.0 Å². The highest BCUT2D eigenvalue weighted by atomic mass is 79.9. The molecule has 1 aromatic carbocycles. The number of rotatable bonds is 3. The summed E-state index contributed by atoms with van der Waals surface area (Å²) in [5.41, 5.74) is 1.45. The molecule has 94 valence electrons. The minimum Gasteiger partial charge on any atom is -0.392 e. The largest absolute Gasteiger partial charge is 0.392 e. The van der Waals surface area contributed by atoms with Gasteiger partial charge in [0.25, 0.3) is 0 Å². The van der Waals surface area contributed by atoms with Crippen LogP contribution in [0.1, 0.15) is 31.2 Å². The van der Waals surface area contributed by atoms with Gasteiger partial charge in [0.1, 0.15) is 0 Å². The molecule has 1 aromatic rings. The van der Waals surface area contributed by atoms with Crippen molar-refractivity contribution < 1.29 is 5.11 Å². The lowest BCUT2D eigenvalue weighted by Crippen LogP contribution is -2.37. The molecular formula is C14H20BrNO. The van der Waals surface area contributed by atoms with E-state index in [0.29, 0.717) is 5.92 Å². The molecule has 1 fully saturated rings. The summed E-state index contributed by atoms with van der Waals surface area (Å²) in [6, 6.07) is 8.69. The van der Waals surface area contributed by atoms with Gasteiger partial charge in [-0.3, -0.25) is 0 Å². The van der Waals surface area contributed by atoms with Crippen LogP contribution >= 0.6 is 15.9 Å². The first-order valence-electron chi connectivity index (χ1n) is 6.31. The van der Waals surface area contributed by atoms with Gasteiger partial charge >= 0.3 is 0 Å². The first-order valence-corrected chi connectivity index (χ1v) is 7.10. The number of β-amino-alcohol motifs (C(OH)–C–C–N with tert-alkyl or cyclic N) is 1. The van der Waals surface area contributed by atoms with E-state index in [2.05, 4.69) is 45.1 Å². The molecule has 2 rings (SSSR count). The first kappa shape index (κ1) is 13.1. The molecule has 0 bridgehead atoms. The van der Waals surface area contributed by atoms with Gasteiger partial charge in [0.05, 0.1) is 6.10 Å². The highest BCUT2D eigenvalue weighted by Gasteiger charge is 2.20. The molecule has 0 aromatic heterocycles. The molecule has 0 saturated carbocycles. The molecule has 0 amide bonds. The van der Waals surface area contributed by atoms with Crippen molar-refractivity contribution in [3.63, 3.8) is 0 Å². The van der Waals surface area contributed by atoms with Gasteiger partial charge in [0.2, 0.25) is 0 Å². The quantitative estimate of drug-likeness (QED) is 0.927. The normalized spacial score (nSPS) is 20.4. The number of likely N-dealkylation sites (tertiary alicyclic amines) is 1. The summed E-state index contributed by atoms with van der Waals surface area (Å²) >= 11 is 3.47. The lowest BCUT2D eigenvalue weighted by molar-refractivity contribution is 0.109. The predicted molar refractivity (Wildman–Crippen MR) is 74.2 cm³/mol. The molecule has 1 atom stereocenters. The van der Waals surface area contributed by atoms with E-state index in [9.17, 15) is 5.11 Å². The van der Waals surface area contributed by atoms with Gasteiger partial charge in [-0.15, -0.1) is 0 Å². The second-order valence-corrected chi connectivity index (χ2v) is 5.89. The zero-order valence-corrected chi connectivity index (χ0v) is 11.9. The Morgan fingerprint density at radius 1 is 1.29 bits per heavy atom. The Morgan fingerprint density at radius 3 is 2.41 bits per heavy atom. The fraction of sp³-hybridized carbons (Fsp3) is 0.571. The molecule has 1 aliphatic heterocycles. The van der Waals surface area contributed by atoms with E-state index >= 15 is 0 Å². The molecule has 0 spiro atoms. The number of benzene rings is 1. The summed E-state index contributed by atoms with van der Waals surface area (Å²) < 4.78 is 1.15. The highest BCUT2D eigenvalue weighted by Crippen LogP contribution is 2.28. The molecule has 1 saturated heterocycles. The van der Waals surface area contributed by atoms with Crippen LogP contribution < -0.4 is 0 Å². The lowest BCUT2D eigenvalue weighted by atomic mass is 9.89. The van der Waals surface area contributed by atoms with Crippen molar-refractivity contribution in [3.05, 3.63) is 34.3 Å². The van der Waals surface area contributed by atoms with E-state index in [1.807, 2.05) is 6.92 Å². The molecule has 17 heavy (non-hydrogen) atoms. The monoisotopic (exact) mass is 297 g/mol. The van der Waals surface area contributed by atoms with Crippen molar-refractivity contribution in [2.75, 3.05) is 19.6 Å². The summed E-state index contributed by atoms with van der Waals surface area (Å²) in [4.78, 5) is 2.36. The molecule has 1 heterocycles. The number of hydrogen-bond donors (Lipinski definition) is 1. The third-order valence-electron chi connectivity index (χ3n) is 3.45. The Kier molecular flexibility index (Phi) is 4.60. The van der Waals surface area contributed by atoms with Gasteiger partial charge in [-0.2, -0.15) is 0 Å². The van der Waals surface area contributed by atoms with Gasteiger partial charge in [-0.1, -0.05) is 28.1 Å². The van der Waals surface area contributed by atoms with Crippen molar-refractivity contribution in [1.82, 2.24) is 4.90 Å². The van der Waals surface area contributed by atoms with Gasteiger partial charge in [-0.05, 0) is 56.5 Å². The van der Waals surface area contributed by atoms with Crippen molar-refractivity contribution >= 4 is 15.9 Å². The fourth-order valence-corrected chi connectivity index (χ4v) is 2.82. The molecule has 1 N–H and O–H groups in total. The van der Waals surface area contributed by atoms with Crippen LogP contribution in [0.4, 0.5) is 0 Å². The fourth-order valence-electron chi connectivity index (χ4n) is 2.56. The third kappa shape index (κ3) is 3.80. The highest BCUT2D eigenvalue weighted by molar-refractivity contribution is 9.10. The Bertz CT molecular complexity index is 342. The van der Waals surface area contributed by atoms with Crippen LogP contribution in [0.15, 0.2) is 28.7 Å². The lowest BCUT2D eigenvalue weighted by Gasteiger charge is -2.32. The van der Waals surface area contributed by atoms with Gasteiger partial charge in [-0.25, -0.2) is 0 Å². The van der Waals surface area contributed by atoms with E-state index in [-0.39, 0.29) is 6.10 Å². The molecular weight excluding hydrogens is 278 g/mol. The zero-order valence-electron chi connectivity index (χ0n) is 10.3. The van der Waals surface area contributed by atoms with Crippen molar-refractivity contribution in [2.24, 2.45) is 0 Å². The SMILES string of the molecule is C[C@H](O)CN1CCC(c2ccc(Br)cc2)CC1. The standard InChI is InChI=1S/C14H20BrNO/c1-11(17)10-16-8-6-13(7-9-16)12-2-4-14(15)5-3-12/h2-5,11,13,17H,6-10H2,1H3/t11-/m0/s1. The second kappa shape index (κ2) is 5.98.